The number of fused-ring (bicyclic) bond motifs is 6. The van der Waals surface area contributed by atoms with Gasteiger partial charge in [0.25, 0.3) is 0 Å². The molecule has 0 N–H and O–H groups in total. The van der Waals surface area contributed by atoms with Crippen molar-refractivity contribution < 1.29 is 0 Å². The van der Waals surface area contributed by atoms with Gasteiger partial charge >= 0.3 is 0 Å². The predicted octanol–water partition coefficient (Wildman–Crippen LogP) is 10.4. The summed E-state index contributed by atoms with van der Waals surface area (Å²) in [5, 5.41) is 7.81. The van der Waals surface area contributed by atoms with Crippen LogP contribution in [0.3, 0.4) is 0 Å². The summed E-state index contributed by atoms with van der Waals surface area (Å²) in [6.07, 6.45) is 20.8. The number of benzene rings is 5. The molecular weight excluding hydrogens is 458 g/mol. The van der Waals surface area contributed by atoms with Crippen LogP contribution in [0.5, 0.6) is 0 Å². The molecule has 0 saturated heterocycles. The monoisotopic (exact) mass is 487 g/mol. The number of anilines is 2. The average molecular weight is 488 g/mol. The van der Waals surface area contributed by atoms with Gasteiger partial charge in [-0.15, -0.1) is 0 Å². The van der Waals surface area contributed by atoms with Crippen molar-refractivity contribution in [1.82, 2.24) is 0 Å². The lowest BCUT2D eigenvalue weighted by atomic mass is 9.94. The number of hydrogen-bond acceptors (Lipinski definition) is 1. The highest BCUT2D eigenvalue weighted by Gasteiger charge is 2.17. The van der Waals surface area contributed by atoms with Crippen molar-refractivity contribution in [3.63, 3.8) is 0 Å². The summed E-state index contributed by atoms with van der Waals surface area (Å²) >= 11 is 0. The Balaban J connectivity index is 1.40. The fourth-order valence-corrected chi connectivity index (χ4v) is 5.86. The van der Waals surface area contributed by atoms with Crippen LogP contribution in [0.25, 0.3) is 37.9 Å². The standard InChI is InChI=1S/C37H29N/c1-2-5-13-27(12-4-1)28-20-22-30(23-21-28)38(29-14-6-3-7-15-29)31-24-25-36-34-18-9-8-16-32(34)33-17-10-11-19-35(33)37(36)26-31/h1-2,4-6,8-12,14-26H,3,7,13H2. The van der Waals surface area contributed by atoms with E-state index in [2.05, 4.69) is 145 Å². The van der Waals surface area contributed by atoms with Crippen LogP contribution in [0.2, 0.25) is 0 Å². The molecule has 0 atom stereocenters. The Morgan fingerprint density at radius 1 is 0.526 bits per heavy atom. The average Bonchev–Trinajstić information content (AvgIpc) is 3.28. The molecule has 1 nitrogen and oxygen atoms in total. The summed E-state index contributed by atoms with van der Waals surface area (Å²) < 4.78 is 0. The molecule has 5 aromatic rings. The molecule has 0 aromatic heterocycles. The third-order valence-corrected chi connectivity index (χ3v) is 7.71. The van der Waals surface area contributed by atoms with Gasteiger partial charge in [0, 0.05) is 17.1 Å². The molecule has 2 aliphatic carbocycles. The third kappa shape index (κ3) is 3.97. The molecule has 0 radical (unpaired) electrons. The Bertz CT molecular complexity index is 1790. The number of allylic oxidation sites excluding steroid dienone is 9. The molecule has 0 heterocycles. The largest absolute Gasteiger partial charge is 0.311 e. The van der Waals surface area contributed by atoms with Gasteiger partial charge in [-0.1, -0.05) is 109 Å². The maximum Gasteiger partial charge on any atom is 0.0468 e. The topological polar surface area (TPSA) is 3.24 Å². The van der Waals surface area contributed by atoms with Gasteiger partial charge in [0.05, 0.1) is 0 Å². The molecule has 2 aliphatic rings. The molecule has 0 amide bonds. The highest BCUT2D eigenvalue weighted by atomic mass is 15.1. The lowest BCUT2D eigenvalue weighted by Gasteiger charge is -2.28. The Morgan fingerprint density at radius 2 is 1.18 bits per heavy atom. The minimum atomic E-state index is 0.954. The maximum atomic E-state index is 2.41. The van der Waals surface area contributed by atoms with E-state index >= 15 is 0 Å². The second-order valence-corrected chi connectivity index (χ2v) is 10.0. The molecule has 0 fully saturated rings. The number of hydrogen-bond donors (Lipinski definition) is 0. The summed E-state index contributed by atoms with van der Waals surface area (Å²) in [5.41, 5.74) is 6.20. The third-order valence-electron chi connectivity index (χ3n) is 7.71. The van der Waals surface area contributed by atoms with Crippen molar-refractivity contribution in [2.24, 2.45) is 0 Å². The summed E-state index contributed by atoms with van der Waals surface area (Å²) in [5.74, 6) is 0. The Kier molecular flexibility index (Phi) is 5.75. The van der Waals surface area contributed by atoms with E-state index in [1.165, 1.54) is 60.5 Å². The van der Waals surface area contributed by atoms with Gasteiger partial charge in [0.15, 0.2) is 0 Å². The van der Waals surface area contributed by atoms with Gasteiger partial charge in [0.2, 0.25) is 0 Å². The predicted molar refractivity (Wildman–Crippen MR) is 165 cm³/mol. The van der Waals surface area contributed by atoms with E-state index in [4.69, 9.17) is 0 Å². The first kappa shape index (κ1) is 22.6. The molecule has 1 heteroatoms. The molecule has 0 bridgehead atoms. The molecule has 0 saturated carbocycles. The molecule has 5 aromatic carbocycles. The van der Waals surface area contributed by atoms with Crippen molar-refractivity contribution in [2.75, 3.05) is 4.90 Å². The molecule has 0 unspecified atom stereocenters. The summed E-state index contributed by atoms with van der Waals surface area (Å²) in [7, 11) is 0. The van der Waals surface area contributed by atoms with Crippen LogP contribution in [0.4, 0.5) is 11.4 Å². The minimum Gasteiger partial charge on any atom is -0.311 e. The van der Waals surface area contributed by atoms with Gasteiger partial charge in [-0.05, 0) is 93.1 Å². The SMILES string of the molecule is C1=CC=C(c2ccc(N(C3=CCCC=C3)c3ccc4c5ccccc5c5ccccc5c4c3)cc2)CC=C1. The van der Waals surface area contributed by atoms with E-state index in [9.17, 15) is 0 Å². The van der Waals surface area contributed by atoms with E-state index in [0.29, 0.717) is 0 Å². The lowest BCUT2D eigenvalue weighted by molar-refractivity contribution is 0.997. The van der Waals surface area contributed by atoms with E-state index in [1.54, 1.807) is 0 Å². The molecule has 182 valence electrons. The molecular formula is C37H29N. The van der Waals surface area contributed by atoms with Crippen molar-refractivity contribution in [2.45, 2.75) is 19.3 Å². The normalized spacial score (nSPS) is 15.1. The summed E-state index contributed by atoms with van der Waals surface area (Å²) in [6, 6.07) is 33.6. The van der Waals surface area contributed by atoms with Crippen LogP contribution in [0, 0.1) is 0 Å². The second kappa shape index (κ2) is 9.68. The smallest absolute Gasteiger partial charge is 0.0468 e. The lowest BCUT2D eigenvalue weighted by Crippen LogP contribution is -2.16. The van der Waals surface area contributed by atoms with Gasteiger partial charge < -0.3 is 4.90 Å². The van der Waals surface area contributed by atoms with Crippen molar-refractivity contribution in [3.8, 4) is 0 Å². The molecule has 0 aliphatic heterocycles. The van der Waals surface area contributed by atoms with Gasteiger partial charge in [-0.25, -0.2) is 0 Å². The first-order valence-corrected chi connectivity index (χ1v) is 13.5. The van der Waals surface area contributed by atoms with Gasteiger partial charge in [-0.3, -0.25) is 0 Å². The Hall–Kier alpha value is -4.62. The summed E-state index contributed by atoms with van der Waals surface area (Å²) in [6.45, 7) is 0. The van der Waals surface area contributed by atoms with Crippen LogP contribution in [0.15, 0.2) is 145 Å². The van der Waals surface area contributed by atoms with Crippen LogP contribution >= 0.6 is 0 Å². The zero-order valence-corrected chi connectivity index (χ0v) is 21.3. The fraction of sp³-hybridized carbons (Fsp3) is 0.0811. The van der Waals surface area contributed by atoms with E-state index in [-0.39, 0.29) is 0 Å². The van der Waals surface area contributed by atoms with E-state index < -0.39 is 0 Å². The van der Waals surface area contributed by atoms with E-state index in [0.717, 1.165) is 19.3 Å². The van der Waals surface area contributed by atoms with Gasteiger partial charge in [0.1, 0.15) is 0 Å². The number of nitrogens with zero attached hydrogens (tertiary/aromatic N) is 1. The quantitative estimate of drug-likeness (QED) is 0.228. The van der Waals surface area contributed by atoms with E-state index in [1.807, 2.05) is 0 Å². The molecule has 7 rings (SSSR count). The van der Waals surface area contributed by atoms with Crippen molar-refractivity contribution in [1.29, 1.82) is 0 Å². The number of rotatable bonds is 4. The van der Waals surface area contributed by atoms with Gasteiger partial charge in [-0.2, -0.15) is 0 Å². The highest BCUT2D eigenvalue weighted by Crippen LogP contribution is 2.40. The van der Waals surface area contributed by atoms with Crippen LogP contribution in [0.1, 0.15) is 24.8 Å². The first-order valence-electron chi connectivity index (χ1n) is 13.5. The van der Waals surface area contributed by atoms with Crippen molar-refractivity contribution in [3.05, 3.63) is 151 Å². The van der Waals surface area contributed by atoms with Crippen molar-refractivity contribution >= 4 is 49.3 Å². The Labute approximate surface area is 224 Å². The molecule has 38 heavy (non-hydrogen) atoms. The zero-order chi connectivity index (χ0) is 25.3. The zero-order valence-electron chi connectivity index (χ0n) is 21.3. The molecule has 0 spiro atoms. The minimum absolute atomic E-state index is 0.954. The first-order chi connectivity index (χ1) is 18.9. The second-order valence-electron chi connectivity index (χ2n) is 10.0. The van der Waals surface area contributed by atoms with Crippen LogP contribution in [-0.4, -0.2) is 0 Å². The Morgan fingerprint density at radius 3 is 1.87 bits per heavy atom. The fourth-order valence-electron chi connectivity index (χ4n) is 5.86. The van der Waals surface area contributed by atoms with Crippen LogP contribution < -0.4 is 4.90 Å². The highest BCUT2D eigenvalue weighted by molar-refractivity contribution is 6.25. The summed E-state index contributed by atoms with van der Waals surface area (Å²) in [4.78, 5) is 2.41. The van der Waals surface area contributed by atoms with Crippen LogP contribution in [-0.2, 0) is 0 Å². The maximum absolute atomic E-state index is 2.41.